The van der Waals surface area contributed by atoms with Crippen molar-refractivity contribution >= 4 is 85.4 Å². The van der Waals surface area contributed by atoms with E-state index in [1.165, 1.54) is 4.90 Å². The molecule has 0 saturated carbocycles. The van der Waals surface area contributed by atoms with Gasteiger partial charge in [0.05, 0.1) is 21.1 Å². The highest BCUT2D eigenvalue weighted by molar-refractivity contribution is 7.16. The summed E-state index contributed by atoms with van der Waals surface area (Å²) in [6, 6.07) is 21.9. The minimum atomic E-state index is -0.507. The number of phenolic OH excluding ortho intramolecular Hbond substituents is 1. The van der Waals surface area contributed by atoms with Crippen molar-refractivity contribution in [2.24, 2.45) is 0 Å². The van der Waals surface area contributed by atoms with Gasteiger partial charge in [0.25, 0.3) is 11.8 Å². The normalized spacial score (nSPS) is 16.7. The van der Waals surface area contributed by atoms with Crippen molar-refractivity contribution in [3.63, 3.8) is 0 Å². The van der Waals surface area contributed by atoms with E-state index >= 15 is 0 Å². The zero-order valence-electron chi connectivity index (χ0n) is 26.9. The molecular formula is C37H34Cl2N4O5S. The summed E-state index contributed by atoms with van der Waals surface area (Å²) in [4.78, 5) is 46.8. The van der Waals surface area contributed by atoms with E-state index in [0.29, 0.717) is 70.2 Å². The summed E-state index contributed by atoms with van der Waals surface area (Å²) in [7, 11) is 3.49. The molecule has 4 aromatic carbocycles. The lowest BCUT2D eigenvalue weighted by molar-refractivity contribution is 0.0986. The molecule has 1 aromatic heterocycles. The molecule has 0 spiro atoms. The third-order valence-electron chi connectivity index (χ3n) is 9.37. The van der Waals surface area contributed by atoms with Gasteiger partial charge in [0.15, 0.2) is 0 Å². The number of likely N-dealkylation sites (N-methyl/N-ethyl adjacent to an activating group) is 2. The quantitative estimate of drug-likeness (QED) is 0.163. The van der Waals surface area contributed by atoms with Crippen LogP contribution >= 0.6 is 34.5 Å². The lowest BCUT2D eigenvalue weighted by atomic mass is 9.95. The fourth-order valence-electron chi connectivity index (χ4n) is 6.94. The summed E-state index contributed by atoms with van der Waals surface area (Å²) >= 11 is 14.0. The SMILES string of the molecule is CNCCN(C)C(=O)Oc1cc2c(c3ccccc13)C(CCl)CN2C(=O)c1ccc(C(=O)N2C[C@@H](CCl)c3c2cc(O)c2ccccc32)s1. The Morgan fingerprint density at radius 2 is 1.35 bits per heavy atom. The van der Waals surface area contributed by atoms with E-state index in [2.05, 4.69) is 5.32 Å². The maximum absolute atomic E-state index is 14.2. The van der Waals surface area contributed by atoms with Crippen molar-refractivity contribution in [3.8, 4) is 11.5 Å². The number of ether oxygens (including phenoxy) is 1. The number of nitrogens with one attached hydrogen (secondary N) is 1. The summed E-state index contributed by atoms with van der Waals surface area (Å²) in [5.74, 6) is 0.243. The average Bonchev–Trinajstić information content (AvgIpc) is 3.86. The zero-order chi connectivity index (χ0) is 34.4. The van der Waals surface area contributed by atoms with Crippen molar-refractivity contribution in [1.82, 2.24) is 10.2 Å². The molecule has 0 bridgehead atoms. The van der Waals surface area contributed by atoms with E-state index in [0.717, 1.165) is 38.6 Å². The summed E-state index contributed by atoms with van der Waals surface area (Å²) < 4.78 is 5.90. The number of phenols is 1. The highest BCUT2D eigenvalue weighted by Crippen LogP contribution is 2.48. The molecule has 2 aliphatic rings. The van der Waals surface area contributed by atoms with Gasteiger partial charge in [0.2, 0.25) is 0 Å². The van der Waals surface area contributed by atoms with Crippen LogP contribution in [0.15, 0.2) is 72.8 Å². The highest BCUT2D eigenvalue weighted by Gasteiger charge is 2.38. The Bertz CT molecular complexity index is 2120. The molecule has 3 amide bonds. The number of nitrogens with zero attached hydrogens (tertiary/aromatic N) is 3. The van der Waals surface area contributed by atoms with E-state index < -0.39 is 6.09 Å². The molecule has 0 fully saturated rings. The van der Waals surface area contributed by atoms with Crippen molar-refractivity contribution in [1.29, 1.82) is 0 Å². The monoisotopic (exact) mass is 716 g/mol. The third-order valence-corrected chi connectivity index (χ3v) is 11.2. The molecule has 3 heterocycles. The first kappa shape index (κ1) is 33.2. The molecule has 2 atom stereocenters. The van der Waals surface area contributed by atoms with Gasteiger partial charge in [0, 0.05) is 79.7 Å². The van der Waals surface area contributed by atoms with Crippen LogP contribution in [0.2, 0.25) is 0 Å². The highest BCUT2D eigenvalue weighted by atomic mass is 35.5. The number of hydrogen-bond donors (Lipinski definition) is 2. The number of alkyl halides is 2. The molecule has 9 nitrogen and oxygen atoms in total. The number of hydrogen-bond acceptors (Lipinski definition) is 7. The number of rotatable bonds is 8. The van der Waals surface area contributed by atoms with Crippen LogP contribution in [-0.2, 0) is 0 Å². The molecule has 5 aromatic rings. The van der Waals surface area contributed by atoms with Crippen LogP contribution in [0.3, 0.4) is 0 Å². The van der Waals surface area contributed by atoms with Crippen LogP contribution in [-0.4, -0.2) is 79.9 Å². The summed E-state index contributed by atoms with van der Waals surface area (Å²) in [6.45, 7) is 1.77. The second kappa shape index (κ2) is 13.5. The molecule has 49 heavy (non-hydrogen) atoms. The van der Waals surface area contributed by atoms with Crippen LogP contribution in [0.1, 0.15) is 42.3 Å². The fourth-order valence-corrected chi connectivity index (χ4v) is 8.35. The second-order valence-corrected chi connectivity index (χ2v) is 14.0. The first-order valence-corrected chi connectivity index (χ1v) is 17.9. The van der Waals surface area contributed by atoms with Gasteiger partial charge in [-0.1, -0.05) is 48.5 Å². The van der Waals surface area contributed by atoms with E-state index in [4.69, 9.17) is 27.9 Å². The molecule has 7 rings (SSSR count). The average molecular weight is 718 g/mol. The maximum atomic E-state index is 14.2. The van der Waals surface area contributed by atoms with Crippen LogP contribution in [0, 0.1) is 0 Å². The molecule has 12 heteroatoms. The molecule has 1 unspecified atom stereocenters. The summed E-state index contributed by atoms with van der Waals surface area (Å²) in [5.41, 5.74) is 3.10. The number of amides is 3. The molecule has 0 radical (unpaired) electrons. The van der Waals surface area contributed by atoms with Crippen molar-refractivity contribution in [2.75, 3.05) is 61.8 Å². The molecular weight excluding hydrogens is 683 g/mol. The molecule has 0 saturated heterocycles. The van der Waals surface area contributed by atoms with Gasteiger partial charge in [-0.15, -0.1) is 34.5 Å². The Kier molecular flexibility index (Phi) is 9.15. The first-order valence-electron chi connectivity index (χ1n) is 16.0. The van der Waals surface area contributed by atoms with Crippen molar-refractivity contribution in [3.05, 3.63) is 93.7 Å². The molecule has 2 N–H and O–H groups in total. The number of halogens is 2. The number of fused-ring (bicyclic) bond motifs is 6. The lowest BCUT2D eigenvalue weighted by Gasteiger charge is -2.20. The van der Waals surface area contributed by atoms with Crippen LogP contribution in [0.25, 0.3) is 21.5 Å². The smallest absolute Gasteiger partial charge is 0.415 e. The third kappa shape index (κ3) is 5.76. The van der Waals surface area contributed by atoms with E-state index in [-0.39, 0.29) is 29.4 Å². The Morgan fingerprint density at radius 1 is 0.837 bits per heavy atom. The number of aromatic hydroxyl groups is 1. The number of carbonyl (C=O) groups is 3. The maximum Gasteiger partial charge on any atom is 0.415 e. The van der Waals surface area contributed by atoms with E-state index in [1.807, 2.05) is 55.6 Å². The second-order valence-electron chi connectivity index (χ2n) is 12.3. The number of thiophene rings is 1. The standard InChI is InChI=1S/C37H34Cl2N4O5S/c1-40-13-14-41(2)37(47)48-30-16-28-34(26-10-6-4-8-24(26)30)22(18-39)20-43(28)36(46)32-12-11-31(49-32)35(45)42-19-21(17-38)33-25-9-5-3-7-23(25)29(44)15-27(33)42/h3-12,15-16,21-22,40,44H,13-14,17-20H2,1-2H3/t21-,22?/m1/s1. The summed E-state index contributed by atoms with van der Waals surface area (Å²) in [6.07, 6.45) is -0.507. The topological polar surface area (TPSA) is 102 Å². The van der Waals surface area contributed by atoms with E-state index in [1.54, 1.807) is 41.1 Å². The molecule has 252 valence electrons. The van der Waals surface area contributed by atoms with Gasteiger partial charge in [0.1, 0.15) is 11.5 Å². The van der Waals surface area contributed by atoms with Gasteiger partial charge in [-0.2, -0.15) is 0 Å². The van der Waals surface area contributed by atoms with Crippen molar-refractivity contribution < 1.29 is 24.2 Å². The van der Waals surface area contributed by atoms with Crippen molar-refractivity contribution in [2.45, 2.75) is 11.8 Å². The van der Waals surface area contributed by atoms with Crippen LogP contribution in [0.4, 0.5) is 16.2 Å². The number of benzene rings is 4. The van der Waals surface area contributed by atoms with E-state index in [9.17, 15) is 19.5 Å². The predicted molar refractivity (Wildman–Crippen MR) is 197 cm³/mol. The lowest BCUT2D eigenvalue weighted by Crippen LogP contribution is -2.34. The minimum Gasteiger partial charge on any atom is -0.507 e. The van der Waals surface area contributed by atoms with Gasteiger partial charge in [-0.05, 0) is 41.1 Å². The van der Waals surface area contributed by atoms with Crippen LogP contribution < -0.4 is 19.9 Å². The van der Waals surface area contributed by atoms with Gasteiger partial charge >= 0.3 is 6.09 Å². The van der Waals surface area contributed by atoms with Gasteiger partial charge in [-0.25, -0.2) is 4.79 Å². The number of carbonyl (C=O) groups excluding carboxylic acids is 3. The Hall–Kier alpha value is -4.35. The Balaban J connectivity index is 1.21. The predicted octanol–water partition coefficient (Wildman–Crippen LogP) is 7.38. The zero-order valence-corrected chi connectivity index (χ0v) is 29.2. The number of anilines is 2. The largest absolute Gasteiger partial charge is 0.507 e. The molecule has 2 aliphatic heterocycles. The van der Waals surface area contributed by atoms with Crippen LogP contribution in [0.5, 0.6) is 11.5 Å². The summed E-state index contributed by atoms with van der Waals surface area (Å²) in [5, 5.41) is 17.0. The minimum absolute atomic E-state index is 0.0909. The van der Waals surface area contributed by atoms with Gasteiger partial charge in [-0.3, -0.25) is 9.59 Å². The fraction of sp³-hybridized carbons (Fsp3) is 0.270. The first-order chi connectivity index (χ1) is 23.7. The molecule has 0 aliphatic carbocycles. The Morgan fingerprint density at radius 3 is 1.90 bits per heavy atom. The Labute approximate surface area is 297 Å². The van der Waals surface area contributed by atoms with Gasteiger partial charge < -0.3 is 29.9 Å².